The molecule has 8 rings (SSSR count). The van der Waals surface area contributed by atoms with Crippen LogP contribution in [0.4, 0.5) is 5.69 Å². The summed E-state index contributed by atoms with van der Waals surface area (Å²) < 4.78 is 5.47. The van der Waals surface area contributed by atoms with Crippen LogP contribution in [0.5, 0.6) is 5.75 Å². The predicted molar refractivity (Wildman–Crippen MR) is 173 cm³/mol. The number of ether oxygens (including phenoxy) is 1. The van der Waals surface area contributed by atoms with Crippen LogP contribution in [0.15, 0.2) is 146 Å². The van der Waals surface area contributed by atoms with Crippen LogP contribution >= 0.6 is 0 Å². The van der Waals surface area contributed by atoms with Gasteiger partial charge in [0.1, 0.15) is 5.75 Å². The molecule has 4 atom stereocenters. The summed E-state index contributed by atoms with van der Waals surface area (Å²) in [7, 11) is 1.55. The van der Waals surface area contributed by atoms with Gasteiger partial charge in [-0.05, 0) is 45.5 Å². The van der Waals surface area contributed by atoms with E-state index in [9.17, 15) is 9.59 Å². The molecule has 3 aliphatic rings. The van der Waals surface area contributed by atoms with E-state index >= 15 is 4.79 Å². The van der Waals surface area contributed by atoms with Gasteiger partial charge in [-0.3, -0.25) is 14.4 Å². The SMILES string of the molecule is COc1cccc(N2C(=O)[C@@H]3[C@@H](C2=O)[C@@]2(c4ccccc4)C(=O)[C@@]3(c3ccccc3)C(c3ccccc3)=C2c2ccccc2)c1. The number of Topliss-reactive ketones (excluding diaryl/α,β-unsaturated/α-hetero) is 1. The number of rotatable bonds is 6. The van der Waals surface area contributed by atoms with Gasteiger partial charge in [0.25, 0.3) is 0 Å². The second-order valence-corrected chi connectivity index (χ2v) is 11.8. The summed E-state index contributed by atoms with van der Waals surface area (Å²) in [4.78, 5) is 47.1. The van der Waals surface area contributed by atoms with E-state index in [1.54, 1.807) is 31.4 Å². The molecule has 1 heterocycles. The molecule has 1 saturated heterocycles. The molecule has 5 aromatic carbocycles. The molecule has 1 saturated carbocycles. The first-order chi connectivity index (χ1) is 22.1. The lowest BCUT2D eigenvalue weighted by molar-refractivity contribution is -0.130. The summed E-state index contributed by atoms with van der Waals surface area (Å²) in [6, 6.07) is 45.9. The quantitative estimate of drug-likeness (QED) is 0.203. The van der Waals surface area contributed by atoms with Crippen LogP contribution in [-0.4, -0.2) is 24.7 Å². The Hall–Kier alpha value is -5.55. The number of imide groups is 1. The summed E-state index contributed by atoms with van der Waals surface area (Å²) in [5.74, 6) is -2.29. The summed E-state index contributed by atoms with van der Waals surface area (Å²) in [5.41, 5.74) is 2.27. The Morgan fingerprint density at radius 3 is 1.38 bits per heavy atom. The second kappa shape index (κ2) is 10.00. The standard InChI is InChI=1S/C40H29NO4/c1-45-31-24-14-23-30(25-31)41-36(42)34-35(37(41)43)40(29-21-12-5-13-22-29)33(27-17-8-3-9-18-27)32(26-15-6-2-7-16-26)39(34,38(40)44)28-19-10-4-11-20-28/h2-25,34-35H,1H3/t34-,35-,39-,40-/m0/s1. The molecular weight excluding hydrogens is 558 g/mol. The lowest BCUT2D eigenvalue weighted by Gasteiger charge is -2.39. The molecule has 0 N–H and O–H groups in total. The smallest absolute Gasteiger partial charge is 0.239 e. The number of ketones is 1. The lowest BCUT2D eigenvalue weighted by atomic mass is 9.59. The largest absolute Gasteiger partial charge is 0.497 e. The fraction of sp³-hybridized carbons (Fsp3) is 0.125. The highest BCUT2D eigenvalue weighted by Gasteiger charge is 2.82. The van der Waals surface area contributed by atoms with E-state index in [1.165, 1.54) is 4.90 Å². The highest BCUT2D eigenvalue weighted by Crippen LogP contribution is 2.74. The predicted octanol–water partition coefficient (Wildman–Crippen LogP) is 6.88. The molecule has 45 heavy (non-hydrogen) atoms. The van der Waals surface area contributed by atoms with Crippen LogP contribution in [0, 0.1) is 11.8 Å². The number of allylic oxidation sites excluding steroid dienone is 2. The number of carbonyl (C=O) groups is 3. The second-order valence-electron chi connectivity index (χ2n) is 11.8. The number of benzene rings is 5. The van der Waals surface area contributed by atoms with Crippen molar-refractivity contribution >= 4 is 34.4 Å². The minimum atomic E-state index is -1.42. The van der Waals surface area contributed by atoms with Gasteiger partial charge in [0.15, 0.2) is 5.78 Å². The third kappa shape index (κ3) is 3.41. The average molecular weight is 588 g/mol. The fourth-order valence-corrected chi connectivity index (χ4v) is 8.34. The first kappa shape index (κ1) is 27.0. The van der Waals surface area contributed by atoms with Crippen molar-refractivity contribution in [3.63, 3.8) is 0 Å². The Bertz CT molecular complexity index is 1880. The van der Waals surface area contributed by atoms with Crippen LogP contribution in [0.1, 0.15) is 22.3 Å². The number of carbonyl (C=O) groups excluding carboxylic acids is 3. The first-order valence-electron chi connectivity index (χ1n) is 15.1. The highest BCUT2D eigenvalue weighted by atomic mass is 16.5. The van der Waals surface area contributed by atoms with E-state index in [0.717, 1.165) is 22.3 Å². The van der Waals surface area contributed by atoms with Crippen molar-refractivity contribution < 1.29 is 19.1 Å². The summed E-state index contributed by atoms with van der Waals surface area (Å²) in [6.45, 7) is 0. The molecule has 0 radical (unpaired) electrons. The van der Waals surface area contributed by atoms with Crippen molar-refractivity contribution in [2.45, 2.75) is 10.8 Å². The third-order valence-corrected chi connectivity index (χ3v) is 9.89. The molecule has 218 valence electrons. The van der Waals surface area contributed by atoms with Crippen molar-refractivity contribution in [1.82, 2.24) is 0 Å². The zero-order valence-corrected chi connectivity index (χ0v) is 24.6. The summed E-state index contributed by atoms with van der Waals surface area (Å²) in [5, 5.41) is 0. The van der Waals surface area contributed by atoms with E-state index in [0.29, 0.717) is 22.6 Å². The van der Waals surface area contributed by atoms with Gasteiger partial charge in [0.2, 0.25) is 11.8 Å². The van der Waals surface area contributed by atoms with Gasteiger partial charge in [-0.2, -0.15) is 0 Å². The van der Waals surface area contributed by atoms with Crippen LogP contribution in [-0.2, 0) is 25.2 Å². The van der Waals surface area contributed by atoms with Gasteiger partial charge in [-0.15, -0.1) is 0 Å². The maximum Gasteiger partial charge on any atom is 0.239 e. The zero-order chi connectivity index (χ0) is 30.8. The van der Waals surface area contributed by atoms with Crippen molar-refractivity contribution in [3.8, 4) is 5.75 Å². The number of methoxy groups -OCH3 is 1. The zero-order valence-electron chi connectivity index (χ0n) is 24.6. The molecular formula is C40H29NO4. The number of hydrogen-bond donors (Lipinski definition) is 0. The van der Waals surface area contributed by atoms with Crippen LogP contribution in [0.2, 0.25) is 0 Å². The molecule has 2 amide bonds. The number of fused-ring (bicyclic) bond motifs is 5. The maximum absolute atomic E-state index is 15.8. The molecule has 0 aromatic heterocycles. The van der Waals surface area contributed by atoms with E-state index in [2.05, 4.69) is 0 Å². The Balaban J connectivity index is 1.54. The molecule has 5 nitrogen and oxygen atoms in total. The van der Waals surface area contributed by atoms with Crippen molar-refractivity contribution in [2.75, 3.05) is 12.0 Å². The lowest BCUT2D eigenvalue weighted by Crippen LogP contribution is -2.45. The molecule has 2 aliphatic carbocycles. The monoisotopic (exact) mass is 587 g/mol. The molecule has 0 unspecified atom stereocenters. The molecule has 2 bridgehead atoms. The minimum absolute atomic E-state index is 0.132. The summed E-state index contributed by atoms with van der Waals surface area (Å²) >= 11 is 0. The van der Waals surface area contributed by atoms with Crippen LogP contribution in [0.25, 0.3) is 11.1 Å². The van der Waals surface area contributed by atoms with E-state index in [1.807, 2.05) is 121 Å². The third-order valence-electron chi connectivity index (χ3n) is 9.89. The Kier molecular flexibility index (Phi) is 6.00. The Morgan fingerprint density at radius 2 is 0.956 bits per heavy atom. The van der Waals surface area contributed by atoms with Crippen LogP contribution in [0.3, 0.4) is 0 Å². The topological polar surface area (TPSA) is 63.7 Å². The van der Waals surface area contributed by atoms with E-state index in [-0.39, 0.29) is 17.6 Å². The maximum atomic E-state index is 15.8. The van der Waals surface area contributed by atoms with Crippen molar-refractivity contribution in [2.24, 2.45) is 11.8 Å². The highest BCUT2D eigenvalue weighted by molar-refractivity contribution is 6.39. The minimum Gasteiger partial charge on any atom is -0.497 e. The Morgan fingerprint density at radius 1 is 0.533 bits per heavy atom. The van der Waals surface area contributed by atoms with Gasteiger partial charge in [0, 0.05) is 6.07 Å². The van der Waals surface area contributed by atoms with Gasteiger partial charge in [-0.1, -0.05) is 127 Å². The molecule has 5 aromatic rings. The Labute approximate surface area is 261 Å². The molecule has 2 fully saturated rings. The number of nitrogens with zero attached hydrogens (tertiary/aromatic N) is 1. The van der Waals surface area contributed by atoms with Gasteiger partial charge in [-0.25, -0.2) is 4.90 Å². The van der Waals surface area contributed by atoms with Crippen LogP contribution < -0.4 is 9.64 Å². The van der Waals surface area contributed by atoms with Crippen molar-refractivity contribution in [3.05, 3.63) is 168 Å². The average Bonchev–Trinajstić information content (AvgIpc) is 3.62. The van der Waals surface area contributed by atoms with E-state index in [4.69, 9.17) is 4.74 Å². The number of amides is 2. The number of hydrogen-bond acceptors (Lipinski definition) is 4. The molecule has 1 aliphatic heterocycles. The summed E-state index contributed by atoms with van der Waals surface area (Å²) in [6.07, 6.45) is 0. The molecule has 0 spiro atoms. The van der Waals surface area contributed by atoms with E-state index < -0.39 is 22.7 Å². The van der Waals surface area contributed by atoms with Gasteiger partial charge >= 0.3 is 0 Å². The number of anilines is 1. The normalized spacial score (nSPS) is 25.2. The van der Waals surface area contributed by atoms with Gasteiger partial charge in [0.05, 0.1) is 35.5 Å². The fourth-order valence-electron chi connectivity index (χ4n) is 8.34. The first-order valence-corrected chi connectivity index (χ1v) is 15.1. The van der Waals surface area contributed by atoms with Crippen molar-refractivity contribution in [1.29, 1.82) is 0 Å². The molecule has 5 heteroatoms. The van der Waals surface area contributed by atoms with Gasteiger partial charge < -0.3 is 4.74 Å².